The largest absolute Gasteiger partial charge is 0.283 e. The average Bonchev–Trinajstić information content (AvgIpc) is 3.15. The number of halogens is 1. The molecule has 0 saturated carbocycles. The Labute approximate surface area is 179 Å². The van der Waals surface area contributed by atoms with E-state index in [4.69, 9.17) is 4.98 Å². The summed E-state index contributed by atoms with van der Waals surface area (Å²) in [6, 6.07) is 18.2. The van der Waals surface area contributed by atoms with E-state index in [0.29, 0.717) is 11.9 Å². The number of rotatable bonds is 6. The van der Waals surface area contributed by atoms with Gasteiger partial charge in [0.25, 0.3) is 5.56 Å². The van der Waals surface area contributed by atoms with Crippen molar-refractivity contribution in [1.82, 2.24) is 9.55 Å². The van der Waals surface area contributed by atoms with Gasteiger partial charge in [0.1, 0.15) is 4.83 Å². The van der Waals surface area contributed by atoms with Crippen molar-refractivity contribution in [3.8, 4) is 11.1 Å². The summed E-state index contributed by atoms with van der Waals surface area (Å²) in [6.07, 6.45) is 1.74. The van der Waals surface area contributed by atoms with E-state index in [0.717, 1.165) is 31.3 Å². The molecule has 0 aliphatic carbocycles. The lowest BCUT2D eigenvalue weighted by Gasteiger charge is -2.11. The first kappa shape index (κ1) is 19.2. The number of hydrogen-bond acceptors (Lipinski definition) is 4. The number of thiophene rings is 1. The van der Waals surface area contributed by atoms with Crippen LogP contribution in [0.15, 0.2) is 87.1 Å². The van der Waals surface area contributed by atoms with Crippen LogP contribution in [-0.2, 0) is 12.3 Å². The summed E-state index contributed by atoms with van der Waals surface area (Å²) in [5.41, 5.74) is 3.15. The van der Waals surface area contributed by atoms with Crippen molar-refractivity contribution in [2.45, 2.75) is 17.5 Å². The zero-order chi connectivity index (χ0) is 19.5. The van der Waals surface area contributed by atoms with Crippen LogP contribution in [0, 0.1) is 0 Å². The van der Waals surface area contributed by atoms with E-state index in [9.17, 15) is 4.79 Å². The molecule has 0 fully saturated rings. The topological polar surface area (TPSA) is 34.9 Å². The Morgan fingerprint density at radius 2 is 1.89 bits per heavy atom. The minimum atomic E-state index is -0.0108. The standard InChI is InChI=1S/C22H17BrN2OS2/c1-2-12-25-21(26)19-18(16-6-4-3-5-7-16)14-27-20(19)24-22(25)28-13-15-8-10-17(23)11-9-15/h2-11,14H,1,12-13H2. The molecule has 140 valence electrons. The summed E-state index contributed by atoms with van der Waals surface area (Å²) < 4.78 is 2.77. The molecular weight excluding hydrogens is 452 g/mol. The second-order valence-electron chi connectivity index (χ2n) is 6.21. The van der Waals surface area contributed by atoms with E-state index < -0.39 is 0 Å². The SMILES string of the molecule is C=CCn1c(SCc2ccc(Br)cc2)nc2scc(-c3ccccc3)c2c1=O. The highest BCUT2D eigenvalue weighted by molar-refractivity contribution is 9.10. The first-order valence-electron chi connectivity index (χ1n) is 8.73. The van der Waals surface area contributed by atoms with E-state index in [2.05, 4.69) is 34.6 Å². The minimum absolute atomic E-state index is 0.0108. The minimum Gasteiger partial charge on any atom is -0.283 e. The number of hydrogen-bond donors (Lipinski definition) is 0. The van der Waals surface area contributed by atoms with Gasteiger partial charge < -0.3 is 0 Å². The molecule has 0 aliphatic heterocycles. The van der Waals surface area contributed by atoms with Crippen molar-refractivity contribution in [1.29, 1.82) is 0 Å². The van der Waals surface area contributed by atoms with Gasteiger partial charge in [-0.3, -0.25) is 9.36 Å². The van der Waals surface area contributed by atoms with Crippen LogP contribution >= 0.6 is 39.0 Å². The molecule has 0 atom stereocenters. The molecule has 0 saturated heterocycles. The Morgan fingerprint density at radius 1 is 1.14 bits per heavy atom. The van der Waals surface area contributed by atoms with Crippen LogP contribution < -0.4 is 5.56 Å². The lowest BCUT2D eigenvalue weighted by Crippen LogP contribution is -2.22. The molecule has 6 heteroatoms. The van der Waals surface area contributed by atoms with Crippen molar-refractivity contribution in [2.75, 3.05) is 0 Å². The highest BCUT2D eigenvalue weighted by atomic mass is 79.9. The number of thioether (sulfide) groups is 1. The second kappa shape index (κ2) is 8.47. The molecule has 2 heterocycles. The molecule has 2 aromatic carbocycles. The molecule has 0 radical (unpaired) electrons. The van der Waals surface area contributed by atoms with Crippen LogP contribution in [0.4, 0.5) is 0 Å². The summed E-state index contributed by atoms with van der Waals surface area (Å²) in [5, 5.41) is 3.43. The van der Waals surface area contributed by atoms with Gasteiger partial charge >= 0.3 is 0 Å². The maximum absolute atomic E-state index is 13.3. The van der Waals surface area contributed by atoms with Gasteiger partial charge in [-0.15, -0.1) is 17.9 Å². The maximum atomic E-state index is 13.3. The Balaban J connectivity index is 1.77. The van der Waals surface area contributed by atoms with Crippen LogP contribution in [0.5, 0.6) is 0 Å². The average molecular weight is 469 g/mol. The van der Waals surface area contributed by atoms with Gasteiger partial charge in [0, 0.05) is 27.7 Å². The lowest BCUT2D eigenvalue weighted by atomic mass is 10.1. The third-order valence-electron chi connectivity index (χ3n) is 4.34. The van der Waals surface area contributed by atoms with Crippen molar-refractivity contribution < 1.29 is 0 Å². The van der Waals surface area contributed by atoms with Gasteiger partial charge in [0.2, 0.25) is 0 Å². The summed E-state index contributed by atoms with van der Waals surface area (Å²) >= 11 is 6.55. The summed E-state index contributed by atoms with van der Waals surface area (Å²) in [7, 11) is 0. The molecule has 4 aromatic rings. The molecule has 0 bridgehead atoms. The predicted molar refractivity (Wildman–Crippen MR) is 123 cm³/mol. The fraction of sp³-hybridized carbons (Fsp3) is 0.0909. The fourth-order valence-electron chi connectivity index (χ4n) is 2.96. The van der Waals surface area contributed by atoms with Gasteiger partial charge in [-0.1, -0.05) is 76.2 Å². The highest BCUT2D eigenvalue weighted by Gasteiger charge is 2.17. The van der Waals surface area contributed by atoms with Crippen molar-refractivity contribution in [3.63, 3.8) is 0 Å². The quantitative estimate of drug-likeness (QED) is 0.187. The summed E-state index contributed by atoms with van der Waals surface area (Å²) in [6.45, 7) is 4.25. The molecule has 4 rings (SSSR count). The second-order valence-corrected chi connectivity index (χ2v) is 8.93. The van der Waals surface area contributed by atoms with E-state index in [1.54, 1.807) is 22.4 Å². The lowest BCUT2D eigenvalue weighted by molar-refractivity contribution is 0.673. The zero-order valence-corrected chi connectivity index (χ0v) is 18.2. The van der Waals surface area contributed by atoms with Crippen LogP contribution in [0.1, 0.15) is 5.56 Å². The van der Waals surface area contributed by atoms with Crippen molar-refractivity contribution >= 4 is 49.2 Å². The highest BCUT2D eigenvalue weighted by Crippen LogP contribution is 2.32. The van der Waals surface area contributed by atoms with Gasteiger partial charge in [0.05, 0.1) is 5.39 Å². The number of benzene rings is 2. The van der Waals surface area contributed by atoms with Crippen LogP contribution in [0.3, 0.4) is 0 Å². The first-order chi connectivity index (χ1) is 13.7. The van der Waals surface area contributed by atoms with Crippen molar-refractivity contribution in [3.05, 3.63) is 93.0 Å². The monoisotopic (exact) mass is 468 g/mol. The molecule has 0 N–H and O–H groups in total. The zero-order valence-electron chi connectivity index (χ0n) is 15.0. The Kier molecular flexibility index (Phi) is 5.80. The smallest absolute Gasteiger partial charge is 0.263 e. The van der Waals surface area contributed by atoms with E-state index in [-0.39, 0.29) is 5.56 Å². The molecule has 0 amide bonds. The van der Waals surface area contributed by atoms with Gasteiger partial charge in [0.15, 0.2) is 5.16 Å². The number of aromatic nitrogens is 2. The van der Waals surface area contributed by atoms with Crippen LogP contribution in [0.25, 0.3) is 21.3 Å². The normalized spacial score (nSPS) is 11.0. The third kappa shape index (κ3) is 3.85. The maximum Gasteiger partial charge on any atom is 0.263 e. The van der Waals surface area contributed by atoms with Gasteiger partial charge in [-0.05, 0) is 23.3 Å². The number of allylic oxidation sites excluding steroid dienone is 1. The summed E-state index contributed by atoms with van der Waals surface area (Å²) in [4.78, 5) is 18.9. The third-order valence-corrected chi connectivity index (χ3v) is 6.78. The Hall–Kier alpha value is -2.15. The van der Waals surface area contributed by atoms with Gasteiger partial charge in [-0.2, -0.15) is 0 Å². The molecular formula is C22H17BrN2OS2. The van der Waals surface area contributed by atoms with Crippen molar-refractivity contribution in [2.24, 2.45) is 0 Å². The van der Waals surface area contributed by atoms with Gasteiger partial charge in [-0.25, -0.2) is 4.98 Å². The summed E-state index contributed by atoms with van der Waals surface area (Å²) in [5.74, 6) is 0.749. The molecule has 2 aromatic heterocycles. The fourth-order valence-corrected chi connectivity index (χ4v) is 5.18. The van der Waals surface area contributed by atoms with Crippen LogP contribution in [-0.4, -0.2) is 9.55 Å². The molecule has 3 nitrogen and oxygen atoms in total. The Morgan fingerprint density at radius 3 is 2.61 bits per heavy atom. The molecule has 0 unspecified atom stereocenters. The molecule has 0 spiro atoms. The molecule has 28 heavy (non-hydrogen) atoms. The molecule has 0 aliphatic rings. The predicted octanol–water partition coefficient (Wildman–Crippen LogP) is 6.37. The first-order valence-corrected chi connectivity index (χ1v) is 11.4. The van der Waals surface area contributed by atoms with Crippen LogP contribution in [0.2, 0.25) is 0 Å². The van der Waals surface area contributed by atoms with E-state index >= 15 is 0 Å². The van der Waals surface area contributed by atoms with E-state index in [1.807, 2.05) is 47.8 Å². The Bertz CT molecular complexity index is 1180. The van der Waals surface area contributed by atoms with E-state index in [1.165, 1.54) is 16.9 Å². The number of fused-ring (bicyclic) bond motifs is 1. The number of nitrogens with zero attached hydrogens (tertiary/aromatic N) is 2.